The molecule has 0 aromatic rings. The molecule has 0 amide bonds. The fourth-order valence-electron chi connectivity index (χ4n) is 1.32. The summed E-state index contributed by atoms with van der Waals surface area (Å²) in [6.45, 7) is 1.59. The molecule has 74 valence electrons. The van der Waals surface area contributed by atoms with Gasteiger partial charge in [0.05, 0.1) is 0 Å². The first-order chi connectivity index (χ1) is 6.20. The van der Waals surface area contributed by atoms with Crippen LogP contribution in [0.4, 0.5) is 0 Å². The third kappa shape index (κ3) is 3.44. The number of hydrazone groups is 1. The standard InChI is InChI=1S/C9H16N2O2/c1-7(9(12)13)10-11-8-5-3-2-4-6-8/h7,10H,2-6H2,1H3,(H,12,13). The van der Waals surface area contributed by atoms with Crippen LogP contribution in [0.5, 0.6) is 0 Å². The Balaban J connectivity index is 2.33. The molecule has 0 heterocycles. The van der Waals surface area contributed by atoms with Gasteiger partial charge in [-0.05, 0) is 32.6 Å². The van der Waals surface area contributed by atoms with Crippen molar-refractivity contribution in [2.75, 3.05) is 0 Å². The quantitative estimate of drug-likeness (QED) is 0.651. The van der Waals surface area contributed by atoms with Crippen LogP contribution in [0, 0.1) is 0 Å². The van der Waals surface area contributed by atoms with Gasteiger partial charge in [0.1, 0.15) is 6.04 Å². The number of carbonyl (C=O) groups is 1. The van der Waals surface area contributed by atoms with E-state index in [-0.39, 0.29) is 0 Å². The average Bonchev–Trinajstić information content (AvgIpc) is 2.15. The van der Waals surface area contributed by atoms with Crippen LogP contribution in [0.3, 0.4) is 0 Å². The van der Waals surface area contributed by atoms with Gasteiger partial charge in [0.15, 0.2) is 0 Å². The second kappa shape index (κ2) is 4.84. The molecule has 0 aromatic heterocycles. The van der Waals surface area contributed by atoms with Gasteiger partial charge >= 0.3 is 5.97 Å². The Bertz CT molecular complexity index is 206. The summed E-state index contributed by atoms with van der Waals surface area (Å²) < 4.78 is 0. The molecule has 13 heavy (non-hydrogen) atoms. The van der Waals surface area contributed by atoms with E-state index in [1.165, 1.54) is 19.3 Å². The third-order valence-corrected chi connectivity index (χ3v) is 2.22. The topological polar surface area (TPSA) is 61.7 Å². The maximum atomic E-state index is 10.4. The molecule has 0 aliphatic heterocycles. The first-order valence-electron chi connectivity index (χ1n) is 4.74. The zero-order valence-electron chi connectivity index (χ0n) is 7.92. The lowest BCUT2D eigenvalue weighted by molar-refractivity contribution is -0.138. The Morgan fingerprint density at radius 1 is 1.46 bits per heavy atom. The van der Waals surface area contributed by atoms with Gasteiger partial charge < -0.3 is 5.11 Å². The minimum Gasteiger partial charge on any atom is -0.480 e. The third-order valence-electron chi connectivity index (χ3n) is 2.22. The lowest BCUT2D eigenvalue weighted by Crippen LogP contribution is -2.30. The van der Waals surface area contributed by atoms with Gasteiger partial charge in [-0.2, -0.15) is 5.10 Å². The van der Waals surface area contributed by atoms with Crippen molar-refractivity contribution in [3.63, 3.8) is 0 Å². The predicted octanol–water partition coefficient (Wildman–Crippen LogP) is 1.37. The van der Waals surface area contributed by atoms with Gasteiger partial charge in [0.2, 0.25) is 0 Å². The summed E-state index contributed by atoms with van der Waals surface area (Å²) in [6, 6.07) is -0.588. The van der Waals surface area contributed by atoms with Crippen LogP contribution in [0.1, 0.15) is 39.0 Å². The number of rotatable bonds is 3. The molecule has 0 bridgehead atoms. The molecule has 1 aliphatic carbocycles. The van der Waals surface area contributed by atoms with Gasteiger partial charge in [-0.25, -0.2) is 4.79 Å². The predicted molar refractivity (Wildman–Crippen MR) is 50.8 cm³/mol. The summed E-state index contributed by atoms with van der Waals surface area (Å²) in [5, 5.41) is 12.7. The first kappa shape index (κ1) is 10.0. The van der Waals surface area contributed by atoms with E-state index >= 15 is 0 Å². The Morgan fingerprint density at radius 2 is 2.08 bits per heavy atom. The molecule has 0 radical (unpaired) electrons. The van der Waals surface area contributed by atoms with Crippen LogP contribution in [-0.4, -0.2) is 22.8 Å². The maximum Gasteiger partial charge on any atom is 0.327 e. The minimum atomic E-state index is -0.861. The SMILES string of the molecule is CC(NN=C1CCCCC1)C(=O)O. The number of carboxylic acid groups (broad SMARTS) is 1. The average molecular weight is 184 g/mol. The summed E-state index contributed by atoms with van der Waals surface area (Å²) in [5.74, 6) is -0.861. The second-order valence-electron chi connectivity index (χ2n) is 3.43. The lowest BCUT2D eigenvalue weighted by Gasteiger charge is -2.13. The van der Waals surface area contributed by atoms with E-state index < -0.39 is 12.0 Å². The molecular formula is C9H16N2O2. The van der Waals surface area contributed by atoms with Gasteiger partial charge in [-0.15, -0.1) is 0 Å². The highest BCUT2D eigenvalue weighted by atomic mass is 16.4. The lowest BCUT2D eigenvalue weighted by atomic mass is 9.99. The minimum absolute atomic E-state index is 0.588. The highest BCUT2D eigenvalue weighted by Crippen LogP contribution is 2.14. The van der Waals surface area contributed by atoms with Crippen LogP contribution >= 0.6 is 0 Å². The Kier molecular flexibility index (Phi) is 3.73. The normalized spacial score (nSPS) is 19.3. The van der Waals surface area contributed by atoms with E-state index in [2.05, 4.69) is 10.5 Å². The number of hydrogen-bond donors (Lipinski definition) is 2. The van der Waals surface area contributed by atoms with Crippen molar-refractivity contribution in [2.24, 2.45) is 5.10 Å². The van der Waals surface area contributed by atoms with Gasteiger partial charge in [0.25, 0.3) is 0 Å². The molecule has 0 spiro atoms. The Labute approximate surface area is 78.0 Å². The molecule has 1 rings (SSSR count). The monoisotopic (exact) mass is 184 g/mol. The fraction of sp³-hybridized carbons (Fsp3) is 0.778. The molecule has 1 aliphatic rings. The molecular weight excluding hydrogens is 168 g/mol. The zero-order chi connectivity index (χ0) is 9.68. The van der Waals surface area contributed by atoms with Gasteiger partial charge in [0, 0.05) is 5.71 Å². The zero-order valence-corrected chi connectivity index (χ0v) is 7.92. The van der Waals surface area contributed by atoms with Gasteiger partial charge in [-0.3, -0.25) is 5.43 Å². The Hall–Kier alpha value is -1.06. The number of nitrogens with one attached hydrogen (secondary N) is 1. The summed E-state index contributed by atoms with van der Waals surface area (Å²) in [7, 11) is 0. The highest BCUT2D eigenvalue weighted by molar-refractivity contribution is 5.85. The Morgan fingerprint density at radius 3 is 2.62 bits per heavy atom. The van der Waals surface area contributed by atoms with Crippen molar-refractivity contribution in [1.29, 1.82) is 0 Å². The van der Waals surface area contributed by atoms with Crippen LogP contribution in [0.15, 0.2) is 5.10 Å². The van der Waals surface area contributed by atoms with Crippen molar-refractivity contribution >= 4 is 11.7 Å². The van der Waals surface area contributed by atoms with Crippen molar-refractivity contribution < 1.29 is 9.90 Å². The molecule has 4 heteroatoms. The number of aliphatic carboxylic acids is 1. The molecule has 0 aromatic carbocycles. The smallest absolute Gasteiger partial charge is 0.327 e. The van der Waals surface area contributed by atoms with Crippen LogP contribution < -0.4 is 5.43 Å². The van der Waals surface area contributed by atoms with Crippen molar-refractivity contribution in [3.8, 4) is 0 Å². The molecule has 1 fully saturated rings. The largest absolute Gasteiger partial charge is 0.480 e. The van der Waals surface area contributed by atoms with E-state index in [4.69, 9.17) is 5.11 Å². The molecule has 4 nitrogen and oxygen atoms in total. The van der Waals surface area contributed by atoms with E-state index in [1.807, 2.05) is 0 Å². The second-order valence-corrected chi connectivity index (χ2v) is 3.43. The summed E-state index contributed by atoms with van der Waals surface area (Å²) >= 11 is 0. The van der Waals surface area contributed by atoms with Crippen LogP contribution in [0.2, 0.25) is 0 Å². The summed E-state index contributed by atoms with van der Waals surface area (Å²) in [4.78, 5) is 10.4. The fourth-order valence-corrected chi connectivity index (χ4v) is 1.32. The van der Waals surface area contributed by atoms with Crippen molar-refractivity contribution in [1.82, 2.24) is 5.43 Å². The molecule has 0 saturated heterocycles. The first-order valence-corrected chi connectivity index (χ1v) is 4.74. The van der Waals surface area contributed by atoms with Crippen LogP contribution in [-0.2, 0) is 4.79 Å². The number of hydrogen-bond acceptors (Lipinski definition) is 3. The molecule has 1 atom stereocenters. The maximum absolute atomic E-state index is 10.4. The summed E-state index contributed by atoms with van der Waals surface area (Å²) in [6.07, 6.45) is 5.66. The highest BCUT2D eigenvalue weighted by Gasteiger charge is 2.10. The number of nitrogens with zero attached hydrogens (tertiary/aromatic N) is 1. The van der Waals surface area contributed by atoms with E-state index in [1.54, 1.807) is 6.92 Å². The summed E-state index contributed by atoms with van der Waals surface area (Å²) in [5.41, 5.74) is 3.75. The van der Waals surface area contributed by atoms with Crippen LogP contribution in [0.25, 0.3) is 0 Å². The molecule has 1 unspecified atom stereocenters. The van der Waals surface area contributed by atoms with Crippen molar-refractivity contribution in [3.05, 3.63) is 0 Å². The van der Waals surface area contributed by atoms with E-state index in [0.29, 0.717) is 0 Å². The molecule has 2 N–H and O–H groups in total. The van der Waals surface area contributed by atoms with E-state index in [0.717, 1.165) is 18.6 Å². The van der Waals surface area contributed by atoms with Crippen molar-refractivity contribution in [2.45, 2.75) is 45.1 Å². The van der Waals surface area contributed by atoms with E-state index in [9.17, 15) is 4.79 Å². The van der Waals surface area contributed by atoms with Gasteiger partial charge in [-0.1, -0.05) is 6.42 Å². The molecule has 1 saturated carbocycles. The number of carboxylic acids is 1.